The number of rotatable bonds is 4. The molecule has 0 aromatic heterocycles. The van der Waals surface area contributed by atoms with Crippen LogP contribution in [-0.2, 0) is 4.74 Å². The average Bonchev–Trinajstić information content (AvgIpc) is 2.42. The summed E-state index contributed by atoms with van der Waals surface area (Å²) in [7, 11) is 1.62. The molecule has 1 saturated heterocycles. The van der Waals surface area contributed by atoms with Crippen molar-refractivity contribution in [2.24, 2.45) is 0 Å². The molecule has 0 aliphatic carbocycles. The lowest BCUT2D eigenvalue weighted by Gasteiger charge is -2.24. The Morgan fingerprint density at radius 2 is 2.22 bits per heavy atom. The number of halogens is 1. The molecule has 1 aromatic rings. The van der Waals surface area contributed by atoms with Crippen molar-refractivity contribution >= 4 is 17.7 Å². The van der Waals surface area contributed by atoms with Crippen molar-refractivity contribution in [1.29, 1.82) is 0 Å². The molecule has 0 spiro atoms. The van der Waals surface area contributed by atoms with Crippen LogP contribution in [-0.4, -0.2) is 20.0 Å². The van der Waals surface area contributed by atoms with Gasteiger partial charge in [0.05, 0.1) is 13.7 Å². The van der Waals surface area contributed by atoms with Crippen LogP contribution in [0.1, 0.15) is 24.8 Å². The van der Waals surface area contributed by atoms with Crippen LogP contribution in [0.25, 0.3) is 6.08 Å². The predicted octanol–water partition coefficient (Wildman–Crippen LogP) is 3.81. The summed E-state index contributed by atoms with van der Waals surface area (Å²) < 4.78 is 16.7. The summed E-state index contributed by atoms with van der Waals surface area (Å²) in [6.45, 7) is 0.764. The lowest BCUT2D eigenvalue weighted by atomic mass is 10.2. The van der Waals surface area contributed by atoms with E-state index in [4.69, 9.17) is 25.8 Å². The van der Waals surface area contributed by atoms with E-state index in [0.717, 1.165) is 31.4 Å². The van der Waals surface area contributed by atoms with Gasteiger partial charge in [-0.15, -0.1) is 0 Å². The van der Waals surface area contributed by atoms with E-state index in [-0.39, 0.29) is 6.29 Å². The standard InChI is InChI=1S/C14H17ClO3/c1-16-13-10-11(7-8-15)5-6-12(13)18-14-4-2-3-9-17-14/h5-8,10,14H,2-4,9H2,1H3/b8-7+. The maximum atomic E-state index is 5.81. The molecular weight excluding hydrogens is 252 g/mol. The second-order valence-electron chi connectivity index (χ2n) is 4.12. The normalized spacial score (nSPS) is 20.0. The lowest BCUT2D eigenvalue weighted by Crippen LogP contribution is -2.25. The minimum Gasteiger partial charge on any atom is -0.493 e. The third-order valence-corrected chi connectivity index (χ3v) is 2.97. The fourth-order valence-corrected chi connectivity index (χ4v) is 2.05. The van der Waals surface area contributed by atoms with Gasteiger partial charge in [0.2, 0.25) is 0 Å². The van der Waals surface area contributed by atoms with Crippen molar-refractivity contribution in [1.82, 2.24) is 0 Å². The Kier molecular flexibility index (Phi) is 4.90. The number of methoxy groups -OCH3 is 1. The number of hydrogen-bond donors (Lipinski definition) is 0. The number of hydrogen-bond acceptors (Lipinski definition) is 3. The highest BCUT2D eigenvalue weighted by molar-refractivity contribution is 6.27. The highest BCUT2D eigenvalue weighted by Gasteiger charge is 2.17. The zero-order chi connectivity index (χ0) is 12.8. The van der Waals surface area contributed by atoms with E-state index >= 15 is 0 Å². The smallest absolute Gasteiger partial charge is 0.200 e. The fourth-order valence-electron chi connectivity index (χ4n) is 1.90. The molecule has 18 heavy (non-hydrogen) atoms. The molecule has 0 N–H and O–H groups in total. The molecule has 0 bridgehead atoms. The number of ether oxygens (including phenoxy) is 3. The van der Waals surface area contributed by atoms with E-state index in [9.17, 15) is 0 Å². The Bertz CT molecular complexity index is 412. The maximum absolute atomic E-state index is 5.81. The molecule has 2 rings (SSSR count). The van der Waals surface area contributed by atoms with E-state index in [1.807, 2.05) is 18.2 Å². The third kappa shape index (κ3) is 3.40. The number of benzene rings is 1. The van der Waals surface area contributed by atoms with E-state index in [1.54, 1.807) is 13.2 Å². The first-order chi connectivity index (χ1) is 8.83. The summed E-state index contributed by atoms with van der Waals surface area (Å²) in [5.41, 5.74) is 2.44. The molecule has 1 atom stereocenters. The minimum atomic E-state index is -0.165. The van der Waals surface area contributed by atoms with Gasteiger partial charge in [0, 0.05) is 12.0 Å². The van der Waals surface area contributed by atoms with Gasteiger partial charge in [-0.25, -0.2) is 0 Å². The van der Waals surface area contributed by atoms with Gasteiger partial charge in [0.15, 0.2) is 17.8 Å². The molecule has 1 heterocycles. The fraction of sp³-hybridized carbons (Fsp3) is 0.429. The molecular formula is C14H17ClO3. The SMILES string of the molecule is COc1cc(/C=C/Cl)ccc1OC1CCCCO1. The van der Waals surface area contributed by atoms with Gasteiger partial charge in [-0.05, 0) is 36.6 Å². The van der Waals surface area contributed by atoms with E-state index in [0.29, 0.717) is 11.5 Å². The Balaban J connectivity index is 2.11. The Labute approximate surface area is 112 Å². The molecule has 4 heteroatoms. The van der Waals surface area contributed by atoms with Crippen LogP contribution in [0.2, 0.25) is 0 Å². The molecule has 0 radical (unpaired) electrons. The van der Waals surface area contributed by atoms with Gasteiger partial charge >= 0.3 is 0 Å². The van der Waals surface area contributed by atoms with Gasteiger partial charge < -0.3 is 14.2 Å². The van der Waals surface area contributed by atoms with Crippen LogP contribution < -0.4 is 9.47 Å². The molecule has 1 aliphatic heterocycles. The van der Waals surface area contributed by atoms with Crippen LogP contribution in [0.15, 0.2) is 23.7 Å². The molecule has 0 saturated carbocycles. The van der Waals surface area contributed by atoms with Crippen molar-refractivity contribution in [3.63, 3.8) is 0 Å². The molecule has 1 aliphatic rings. The van der Waals surface area contributed by atoms with Gasteiger partial charge in [0.1, 0.15) is 0 Å². The predicted molar refractivity (Wildman–Crippen MR) is 72.1 cm³/mol. The first-order valence-electron chi connectivity index (χ1n) is 6.06. The highest BCUT2D eigenvalue weighted by atomic mass is 35.5. The maximum Gasteiger partial charge on any atom is 0.200 e. The van der Waals surface area contributed by atoms with Crippen molar-refractivity contribution in [2.75, 3.05) is 13.7 Å². The van der Waals surface area contributed by atoms with Gasteiger partial charge in [-0.3, -0.25) is 0 Å². The minimum absolute atomic E-state index is 0.165. The average molecular weight is 269 g/mol. The van der Waals surface area contributed by atoms with Crippen LogP contribution in [0.4, 0.5) is 0 Å². The molecule has 0 amide bonds. The second kappa shape index (κ2) is 6.66. The first kappa shape index (κ1) is 13.2. The van der Waals surface area contributed by atoms with Crippen LogP contribution in [0, 0.1) is 0 Å². The summed E-state index contributed by atoms with van der Waals surface area (Å²) in [6, 6.07) is 5.69. The van der Waals surface area contributed by atoms with E-state index in [1.165, 1.54) is 5.54 Å². The summed E-state index contributed by atoms with van der Waals surface area (Å²) in [5.74, 6) is 1.40. The quantitative estimate of drug-likeness (QED) is 0.831. The molecule has 1 fully saturated rings. The molecule has 3 nitrogen and oxygen atoms in total. The van der Waals surface area contributed by atoms with E-state index < -0.39 is 0 Å². The molecule has 98 valence electrons. The Morgan fingerprint density at radius 3 is 2.89 bits per heavy atom. The Morgan fingerprint density at radius 1 is 1.33 bits per heavy atom. The van der Waals surface area contributed by atoms with Crippen LogP contribution in [0.5, 0.6) is 11.5 Å². The lowest BCUT2D eigenvalue weighted by molar-refractivity contribution is -0.106. The molecule has 1 aromatic carbocycles. The summed E-state index contributed by atoms with van der Waals surface area (Å²) in [5, 5.41) is 0. The zero-order valence-corrected chi connectivity index (χ0v) is 11.2. The highest BCUT2D eigenvalue weighted by Crippen LogP contribution is 2.31. The monoisotopic (exact) mass is 268 g/mol. The van der Waals surface area contributed by atoms with Gasteiger partial charge in [-0.2, -0.15) is 0 Å². The zero-order valence-electron chi connectivity index (χ0n) is 10.4. The van der Waals surface area contributed by atoms with Gasteiger partial charge in [0.25, 0.3) is 0 Å². The molecule has 1 unspecified atom stereocenters. The second-order valence-corrected chi connectivity index (χ2v) is 4.37. The van der Waals surface area contributed by atoms with Crippen molar-refractivity contribution < 1.29 is 14.2 Å². The van der Waals surface area contributed by atoms with Crippen molar-refractivity contribution in [2.45, 2.75) is 25.6 Å². The first-order valence-corrected chi connectivity index (χ1v) is 6.50. The summed E-state index contributed by atoms with van der Waals surface area (Å²) in [4.78, 5) is 0. The van der Waals surface area contributed by atoms with E-state index in [2.05, 4.69) is 0 Å². The Hall–Kier alpha value is -1.19. The summed E-state index contributed by atoms with van der Waals surface area (Å²) in [6.07, 6.45) is 4.80. The largest absolute Gasteiger partial charge is 0.493 e. The van der Waals surface area contributed by atoms with Crippen LogP contribution >= 0.6 is 11.6 Å². The van der Waals surface area contributed by atoms with Gasteiger partial charge in [-0.1, -0.05) is 17.7 Å². The third-order valence-electron chi connectivity index (χ3n) is 2.84. The summed E-state index contributed by atoms with van der Waals surface area (Å²) >= 11 is 5.55. The van der Waals surface area contributed by atoms with Crippen LogP contribution in [0.3, 0.4) is 0 Å². The van der Waals surface area contributed by atoms with Crippen molar-refractivity contribution in [3.05, 3.63) is 29.3 Å². The topological polar surface area (TPSA) is 27.7 Å². The van der Waals surface area contributed by atoms with Crippen molar-refractivity contribution in [3.8, 4) is 11.5 Å².